The number of aryl methyl sites for hydroxylation is 2. The summed E-state index contributed by atoms with van der Waals surface area (Å²) in [5.74, 6) is -0.930. The summed E-state index contributed by atoms with van der Waals surface area (Å²) in [7, 11) is 1.71. The quantitative estimate of drug-likeness (QED) is 0.642. The van der Waals surface area contributed by atoms with Gasteiger partial charge in [-0.3, -0.25) is 14.3 Å². The Kier molecular flexibility index (Phi) is 4.95. The van der Waals surface area contributed by atoms with Gasteiger partial charge in [-0.15, -0.1) is 0 Å². The van der Waals surface area contributed by atoms with Crippen molar-refractivity contribution in [2.75, 3.05) is 10.6 Å². The third-order valence-corrected chi connectivity index (χ3v) is 5.12. The topological polar surface area (TPSA) is 88.9 Å². The molecule has 0 aliphatic heterocycles. The van der Waals surface area contributed by atoms with Gasteiger partial charge >= 0.3 is 6.18 Å². The van der Waals surface area contributed by atoms with Gasteiger partial charge in [-0.05, 0) is 44.0 Å². The minimum atomic E-state index is -4.73. The Bertz CT molecular complexity index is 1210. The summed E-state index contributed by atoms with van der Waals surface area (Å²) in [5, 5.41) is 9.53. The summed E-state index contributed by atoms with van der Waals surface area (Å²) in [6, 6.07) is 4.87. The van der Waals surface area contributed by atoms with Crippen molar-refractivity contribution in [1.82, 2.24) is 14.8 Å². The maximum atomic E-state index is 13.6. The lowest BCUT2D eigenvalue weighted by Crippen LogP contribution is -2.18. The van der Waals surface area contributed by atoms with E-state index in [0.29, 0.717) is 16.7 Å². The highest BCUT2D eigenvalue weighted by atomic mass is 19.4. The number of nitrogens with zero attached hydrogens (tertiary/aromatic N) is 3. The first-order valence-electron chi connectivity index (χ1n) is 9.69. The van der Waals surface area contributed by atoms with Crippen LogP contribution in [0.1, 0.15) is 53.0 Å². The molecule has 2 aromatic heterocycles. The number of alkyl halides is 3. The fraction of sp³-hybridized carbons (Fsp3) is 0.333. The summed E-state index contributed by atoms with van der Waals surface area (Å²) in [4.78, 5) is 28.9. The second-order valence-corrected chi connectivity index (χ2v) is 7.67. The molecule has 0 unspecified atom stereocenters. The first kappa shape index (κ1) is 20.8. The van der Waals surface area contributed by atoms with Crippen LogP contribution in [0.15, 0.2) is 24.3 Å². The third-order valence-electron chi connectivity index (χ3n) is 5.12. The fourth-order valence-electron chi connectivity index (χ4n) is 3.59. The summed E-state index contributed by atoms with van der Waals surface area (Å²) < 4.78 is 42.5. The predicted molar refractivity (Wildman–Crippen MR) is 109 cm³/mol. The predicted octanol–water partition coefficient (Wildman–Crippen LogP) is 4.38. The zero-order valence-electron chi connectivity index (χ0n) is 17.1. The van der Waals surface area contributed by atoms with Crippen molar-refractivity contribution in [3.8, 4) is 0 Å². The Morgan fingerprint density at radius 3 is 2.48 bits per heavy atom. The van der Waals surface area contributed by atoms with Crippen molar-refractivity contribution >= 4 is 34.2 Å². The molecular formula is C21H20F3N5O2. The van der Waals surface area contributed by atoms with Gasteiger partial charge in [-0.1, -0.05) is 0 Å². The van der Waals surface area contributed by atoms with Crippen molar-refractivity contribution in [3.63, 3.8) is 0 Å². The zero-order valence-corrected chi connectivity index (χ0v) is 17.1. The lowest BCUT2D eigenvalue weighted by atomic mass is 10.1. The van der Waals surface area contributed by atoms with Crippen LogP contribution in [0.25, 0.3) is 11.0 Å². The van der Waals surface area contributed by atoms with E-state index in [1.54, 1.807) is 24.7 Å². The normalized spacial score (nSPS) is 14.0. The molecule has 1 saturated carbocycles. The van der Waals surface area contributed by atoms with Gasteiger partial charge in [0.1, 0.15) is 0 Å². The second kappa shape index (κ2) is 7.36. The van der Waals surface area contributed by atoms with Gasteiger partial charge in [-0.25, -0.2) is 4.98 Å². The van der Waals surface area contributed by atoms with E-state index in [1.807, 2.05) is 0 Å². The van der Waals surface area contributed by atoms with E-state index in [2.05, 4.69) is 20.7 Å². The molecule has 7 nitrogen and oxygen atoms in total. The van der Waals surface area contributed by atoms with E-state index in [4.69, 9.17) is 0 Å². The molecule has 1 aliphatic rings. The lowest BCUT2D eigenvalue weighted by molar-refractivity contribution is -0.137. The molecule has 2 N–H and O–H groups in total. The fourth-order valence-corrected chi connectivity index (χ4v) is 3.59. The van der Waals surface area contributed by atoms with Crippen LogP contribution in [0.3, 0.4) is 0 Å². The van der Waals surface area contributed by atoms with E-state index < -0.39 is 29.2 Å². The molecule has 0 bridgehead atoms. The number of rotatable bonds is 4. The van der Waals surface area contributed by atoms with Crippen LogP contribution in [-0.2, 0) is 18.0 Å². The van der Waals surface area contributed by atoms with Gasteiger partial charge in [0.2, 0.25) is 5.91 Å². The summed E-state index contributed by atoms with van der Waals surface area (Å²) >= 11 is 0. The molecule has 3 aromatic rings. The molecule has 162 valence electrons. The van der Waals surface area contributed by atoms with Crippen LogP contribution in [-0.4, -0.2) is 26.6 Å². The maximum absolute atomic E-state index is 13.6. The number of nitrogens with one attached hydrogen (secondary N) is 2. The zero-order chi connectivity index (χ0) is 22.5. The minimum absolute atomic E-state index is 0.0109. The van der Waals surface area contributed by atoms with Gasteiger partial charge in [-0.2, -0.15) is 18.3 Å². The van der Waals surface area contributed by atoms with E-state index in [1.165, 1.54) is 13.0 Å². The molecule has 0 radical (unpaired) electrons. The van der Waals surface area contributed by atoms with Crippen molar-refractivity contribution in [1.29, 1.82) is 0 Å². The summed E-state index contributed by atoms with van der Waals surface area (Å²) in [5.41, 5.74) is 0.588. The molecule has 31 heavy (non-hydrogen) atoms. The number of carbonyl (C=O) groups excluding carboxylic acids is 2. The average Bonchev–Trinajstić information content (AvgIpc) is 3.48. The number of hydrogen-bond donors (Lipinski definition) is 2. The standard InChI is InChI=1S/C21H20F3N5O2/c1-10-18-14(9-17(12-4-5-12)26-19(18)29(3)28-10)20(31)27-16-7-6-13(25-11(2)30)8-15(16)21(22,23)24/h6-9,12H,4-5H2,1-3H3,(H,25,30)(H,27,31). The molecule has 2 heterocycles. The molecule has 10 heteroatoms. The highest BCUT2D eigenvalue weighted by Gasteiger charge is 2.35. The van der Waals surface area contributed by atoms with E-state index in [-0.39, 0.29) is 17.2 Å². The minimum Gasteiger partial charge on any atom is -0.326 e. The highest BCUT2D eigenvalue weighted by Crippen LogP contribution is 2.41. The number of amides is 2. The van der Waals surface area contributed by atoms with Crippen LogP contribution >= 0.6 is 0 Å². The molecule has 1 aliphatic carbocycles. The largest absolute Gasteiger partial charge is 0.418 e. The molecule has 1 fully saturated rings. The number of pyridine rings is 1. The molecule has 2 amide bonds. The smallest absolute Gasteiger partial charge is 0.326 e. The van der Waals surface area contributed by atoms with Crippen LogP contribution in [0, 0.1) is 6.92 Å². The number of halogens is 3. The number of anilines is 2. The van der Waals surface area contributed by atoms with E-state index >= 15 is 0 Å². The van der Waals surface area contributed by atoms with E-state index in [0.717, 1.165) is 30.7 Å². The number of aromatic nitrogens is 3. The van der Waals surface area contributed by atoms with Crippen molar-refractivity contribution in [2.24, 2.45) is 7.05 Å². The lowest BCUT2D eigenvalue weighted by Gasteiger charge is -2.16. The van der Waals surface area contributed by atoms with Crippen molar-refractivity contribution in [2.45, 2.75) is 38.8 Å². The van der Waals surface area contributed by atoms with Crippen LogP contribution < -0.4 is 10.6 Å². The number of benzene rings is 1. The van der Waals surface area contributed by atoms with Gasteiger partial charge in [0, 0.05) is 31.3 Å². The Hall–Kier alpha value is -3.43. The number of carbonyl (C=O) groups is 2. The first-order valence-corrected chi connectivity index (χ1v) is 9.69. The molecule has 0 spiro atoms. The maximum Gasteiger partial charge on any atom is 0.418 e. The molecule has 1 aromatic carbocycles. The Morgan fingerprint density at radius 2 is 1.87 bits per heavy atom. The Labute approximate surface area is 175 Å². The van der Waals surface area contributed by atoms with Crippen LogP contribution in [0.2, 0.25) is 0 Å². The number of hydrogen-bond acceptors (Lipinski definition) is 4. The average molecular weight is 431 g/mol. The van der Waals surface area contributed by atoms with Gasteiger partial charge < -0.3 is 10.6 Å². The van der Waals surface area contributed by atoms with Gasteiger partial charge in [0.25, 0.3) is 5.91 Å². The SMILES string of the molecule is CC(=O)Nc1ccc(NC(=O)c2cc(C3CC3)nc3c2c(C)nn3C)c(C(F)(F)F)c1. The highest BCUT2D eigenvalue weighted by molar-refractivity contribution is 6.13. The Morgan fingerprint density at radius 1 is 1.16 bits per heavy atom. The Balaban J connectivity index is 1.76. The molecule has 4 rings (SSSR count). The monoisotopic (exact) mass is 431 g/mol. The molecule has 0 saturated heterocycles. The molecular weight excluding hydrogens is 411 g/mol. The van der Waals surface area contributed by atoms with Gasteiger partial charge in [0.15, 0.2) is 5.65 Å². The third kappa shape index (κ3) is 4.10. The van der Waals surface area contributed by atoms with E-state index in [9.17, 15) is 22.8 Å². The number of fused-ring (bicyclic) bond motifs is 1. The van der Waals surface area contributed by atoms with Crippen LogP contribution in [0.4, 0.5) is 24.5 Å². The molecule has 0 atom stereocenters. The summed E-state index contributed by atoms with van der Waals surface area (Å²) in [6.07, 6.45) is -2.81. The van der Waals surface area contributed by atoms with Crippen molar-refractivity contribution < 1.29 is 22.8 Å². The van der Waals surface area contributed by atoms with Crippen molar-refractivity contribution in [3.05, 3.63) is 46.8 Å². The first-order chi connectivity index (χ1) is 14.5. The summed E-state index contributed by atoms with van der Waals surface area (Å²) in [6.45, 7) is 2.92. The van der Waals surface area contributed by atoms with Gasteiger partial charge in [0.05, 0.1) is 27.9 Å². The van der Waals surface area contributed by atoms with Crippen LogP contribution in [0.5, 0.6) is 0 Å². The second-order valence-electron chi connectivity index (χ2n) is 7.67.